The average molecular weight is 443 g/mol. The van der Waals surface area contributed by atoms with E-state index < -0.39 is 10.0 Å². The summed E-state index contributed by atoms with van der Waals surface area (Å²) in [6.07, 6.45) is 4.66. The van der Waals surface area contributed by atoms with Gasteiger partial charge in [-0.25, -0.2) is 12.7 Å². The van der Waals surface area contributed by atoms with Gasteiger partial charge in [-0.2, -0.15) is 0 Å². The summed E-state index contributed by atoms with van der Waals surface area (Å²) in [5.74, 6) is 0.786. The van der Waals surface area contributed by atoms with Crippen molar-refractivity contribution in [2.45, 2.75) is 32.4 Å². The summed E-state index contributed by atoms with van der Waals surface area (Å²) < 4.78 is 31.4. The quantitative estimate of drug-likeness (QED) is 0.587. The normalized spacial score (nSPS) is 15.5. The molecule has 6 nitrogen and oxygen atoms in total. The molecule has 1 amide bonds. The highest BCUT2D eigenvalue weighted by Crippen LogP contribution is 2.20. The van der Waals surface area contributed by atoms with E-state index in [-0.39, 0.29) is 17.7 Å². The second-order valence-corrected chi connectivity index (χ2v) is 9.97. The Labute approximate surface area is 185 Å². The van der Waals surface area contributed by atoms with E-state index in [1.54, 1.807) is 31.0 Å². The molecule has 0 spiro atoms. The Bertz CT molecular complexity index is 997. The lowest BCUT2D eigenvalue weighted by Crippen LogP contribution is -2.47. The minimum atomic E-state index is -3.20. The van der Waals surface area contributed by atoms with Gasteiger partial charge in [0.1, 0.15) is 12.4 Å². The number of sulfonamides is 1. The third kappa shape index (κ3) is 6.42. The molecule has 2 aromatic carbocycles. The lowest BCUT2D eigenvalue weighted by atomic mass is 10.1. The van der Waals surface area contributed by atoms with Crippen LogP contribution in [0.5, 0.6) is 5.75 Å². The third-order valence-electron chi connectivity index (χ3n) is 5.62. The first kappa shape index (κ1) is 23.0. The Morgan fingerprint density at radius 1 is 1.13 bits per heavy atom. The van der Waals surface area contributed by atoms with Gasteiger partial charge in [0.05, 0.1) is 5.75 Å². The number of hydrogen-bond donors (Lipinski definition) is 0. The summed E-state index contributed by atoms with van der Waals surface area (Å²) in [6, 6.07) is 17.5. The number of amides is 1. The molecule has 7 heteroatoms. The fourth-order valence-electron chi connectivity index (χ4n) is 3.60. The van der Waals surface area contributed by atoms with Crippen molar-refractivity contribution in [1.82, 2.24) is 9.21 Å². The third-order valence-corrected chi connectivity index (χ3v) is 7.52. The fourth-order valence-corrected chi connectivity index (χ4v) is 4.67. The van der Waals surface area contributed by atoms with Crippen LogP contribution in [0.2, 0.25) is 0 Å². The number of benzene rings is 2. The molecule has 31 heavy (non-hydrogen) atoms. The molecular formula is C24H30N2O4S. The maximum Gasteiger partial charge on any atom is 0.246 e. The first-order valence-electron chi connectivity index (χ1n) is 10.6. The minimum absolute atomic E-state index is 0.0450. The molecule has 0 atom stereocenters. The molecule has 1 aliphatic rings. The number of rotatable bonds is 8. The first-order valence-corrected chi connectivity index (χ1v) is 12.2. The molecule has 0 aliphatic carbocycles. The predicted octanol–water partition coefficient (Wildman–Crippen LogP) is 3.55. The van der Waals surface area contributed by atoms with E-state index in [0.29, 0.717) is 32.5 Å². The van der Waals surface area contributed by atoms with Crippen molar-refractivity contribution < 1.29 is 17.9 Å². The summed E-state index contributed by atoms with van der Waals surface area (Å²) >= 11 is 0. The van der Waals surface area contributed by atoms with E-state index in [1.165, 1.54) is 4.31 Å². The number of carbonyl (C=O) groups excluding carboxylic acids is 1. The van der Waals surface area contributed by atoms with Gasteiger partial charge in [0.15, 0.2) is 0 Å². The minimum Gasteiger partial charge on any atom is -0.489 e. The molecule has 0 aromatic heterocycles. The van der Waals surface area contributed by atoms with Crippen LogP contribution in [0.15, 0.2) is 60.7 Å². The van der Waals surface area contributed by atoms with Crippen molar-refractivity contribution in [3.05, 3.63) is 71.8 Å². The molecular weight excluding hydrogens is 412 g/mol. The Morgan fingerprint density at radius 3 is 2.52 bits per heavy atom. The molecule has 0 radical (unpaired) electrons. The molecule has 166 valence electrons. The zero-order valence-electron chi connectivity index (χ0n) is 18.1. The van der Waals surface area contributed by atoms with Crippen molar-refractivity contribution >= 4 is 22.0 Å². The van der Waals surface area contributed by atoms with Gasteiger partial charge in [0.2, 0.25) is 15.9 Å². The number of ether oxygens (including phenoxy) is 1. The smallest absolute Gasteiger partial charge is 0.246 e. The van der Waals surface area contributed by atoms with Gasteiger partial charge in [-0.3, -0.25) is 4.79 Å². The number of piperidine rings is 1. The lowest BCUT2D eigenvalue weighted by molar-refractivity contribution is -0.127. The number of hydrogen-bond acceptors (Lipinski definition) is 4. The molecule has 0 bridgehead atoms. The SMILES string of the molecule is CCS(=O)(=O)N(C)C1CCN(C(=O)/C=C/c2cccc(OCc3ccccc3)c2)CC1. The molecule has 1 saturated heterocycles. The Hall–Kier alpha value is -2.64. The topological polar surface area (TPSA) is 66.9 Å². The summed E-state index contributed by atoms with van der Waals surface area (Å²) in [6.45, 7) is 3.25. The van der Waals surface area contributed by atoms with Crippen molar-refractivity contribution in [2.24, 2.45) is 0 Å². The second kappa shape index (κ2) is 10.6. The second-order valence-electron chi connectivity index (χ2n) is 7.65. The van der Waals surface area contributed by atoms with Crippen LogP contribution >= 0.6 is 0 Å². The molecule has 2 aromatic rings. The number of nitrogens with zero attached hydrogens (tertiary/aromatic N) is 2. The summed E-state index contributed by atoms with van der Waals surface area (Å²) in [7, 11) is -1.57. The molecule has 0 N–H and O–H groups in total. The molecule has 3 rings (SSSR count). The van der Waals surface area contributed by atoms with Crippen LogP contribution in [0, 0.1) is 0 Å². The van der Waals surface area contributed by atoms with E-state index in [0.717, 1.165) is 16.9 Å². The van der Waals surface area contributed by atoms with Crippen LogP contribution in [0.25, 0.3) is 6.08 Å². The summed E-state index contributed by atoms with van der Waals surface area (Å²) in [5, 5.41) is 0. The fraction of sp³-hybridized carbons (Fsp3) is 0.375. The Balaban J connectivity index is 1.52. The van der Waals surface area contributed by atoms with E-state index in [2.05, 4.69) is 0 Å². The van der Waals surface area contributed by atoms with Crippen molar-refractivity contribution in [1.29, 1.82) is 0 Å². The zero-order valence-corrected chi connectivity index (χ0v) is 18.9. The summed E-state index contributed by atoms with van der Waals surface area (Å²) in [4.78, 5) is 14.3. The van der Waals surface area contributed by atoms with E-state index in [1.807, 2.05) is 54.6 Å². The van der Waals surface area contributed by atoms with Crippen LogP contribution < -0.4 is 4.74 Å². The van der Waals surface area contributed by atoms with Crippen molar-refractivity contribution in [3.63, 3.8) is 0 Å². The van der Waals surface area contributed by atoms with Gasteiger partial charge in [-0.05, 0) is 49.1 Å². The first-order chi connectivity index (χ1) is 14.9. The highest BCUT2D eigenvalue weighted by atomic mass is 32.2. The van der Waals surface area contributed by atoms with Gasteiger partial charge in [0.25, 0.3) is 0 Å². The van der Waals surface area contributed by atoms with Crippen LogP contribution in [0.3, 0.4) is 0 Å². The van der Waals surface area contributed by atoms with Crippen LogP contribution in [-0.4, -0.2) is 55.5 Å². The maximum atomic E-state index is 12.6. The molecule has 0 saturated carbocycles. The van der Waals surface area contributed by atoms with Crippen LogP contribution in [-0.2, 0) is 21.4 Å². The molecule has 1 fully saturated rings. The largest absolute Gasteiger partial charge is 0.489 e. The predicted molar refractivity (Wildman–Crippen MR) is 123 cm³/mol. The monoisotopic (exact) mass is 442 g/mol. The average Bonchev–Trinajstić information content (AvgIpc) is 2.81. The zero-order chi connectivity index (χ0) is 22.3. The highest BCUT2D eigenvalue weighted by Gasteiger charge is 2.29. The lowest BCUT2D eigenvalue weighted by Gasteiger charge is -2.35. The van der Waals surface area contributed by atoms with Crippen molar-refractivity contribution in [2.75, 3.05) is 25.9 Å². The standard InChI is InChI=1S/C24H30N2O4S/c1-3-31(28,29)25(2)22-14-16-26(17-15-22)24(27)13-12-20-10-7-11-23(18-20)30-19-21-8-5-4-6-9-21/h4-13,18,22H,3,14-17,19H2,1-2H3/b13-12+. The number of carbonyl (C=O) groups is 1. The highest BCUT2D eigenvalue weighted by molar-refractivity contribution is 7.89. The van der Waals surface area contributed by atoms with Gasteiger partial charge < -0.3 is 9.64 Å². The molecule has 1 aliphatic heterocycles. The molecule has 1 heterocycles. The van der Waals surface area contributed by atoms with E-state index >= 15 is 0 Å². The number of likely N-dealkylation sites (tertiary alicyclic amines) is 1. The Morgan fingerprint density at radius 2 is 1.84 bits per heavy atom. The van der Waals surface area contributed by atoms with Gasteiger partial charge in [-0.1, -0.05) is 42.5 Å². The Kier molecular flexibility index (Phi) is 7.87. The van der Waals surface area contributed by atoms with E-state index in [4.69, 9.17) is 4.74 Å². The van der Waals surface area contributed by atoms with Gasteiger partial charge in [0, 0.05) is 32.3 Å². The van der Waals surface area contributed by atoms with Gasteiger partial charge in [-0.15, -0.1) is 0 Å². The summed E-state index contributed by atoms with van der Waals surface area (Å²) in [5.41, 5.74) is 1.99. The van der Waals surface area contributed by atoms with E-state index in [9.17, 15) is 13.2 Å². The van der Waals surface area contributed by atoms with Crippen LogP contribution in [0.1, 0.15) is 30.9 Å². The van der Waals surface area contributed by atoms with Crippen molar-refractivity contribution in [3.8, 4) is 5.75 Å². The van der Waals surface area contributed by atoms with Gasteiger partial charge >= 0.3 is 0 Å². The maximum absolute atomic E-state index is 12.6. The van der Waals surface area contributed by atoms with Crippen LogP contribution in [0.4, 0.5) is 0 Å². The molecule has 0 unspecified atom stereocenters.